The van der Waals surface area contributed by atoms with Crippen LogP contribution in [0.25, 0.3) is 0 Å². The highest BCUT2D eigenvalue weighted by molar-refractivity contribution is 5.32. The highest BCUT2D eigenvalue weighted by atomic mass is 16.5. The SMILES string of the molecule is COc1ccccc1C[NH+]1CCC([NH+]2CC[NH+](CCO)CC2)CC1. The van der Waals surface area contributed by atoms with Crippen LogP contribution in [-0.2, 0) is 6.54 Å². The summed E-state index contributed by atoms with van der Waals surface area (Å²) in [4.78, 5) is 5.09. The molecule has 3 rings (SSSR count). The van der Waals surface area contributed by atoms with Gasteiger partial charge >= 0.3 is 0 Å². The number of para-hydroxylation sites is 1. The number of benzene rings is 1. The van der Waals surface area contributed by atoms with E-state index in [9.17, 15) is 0 Å². The van der Waals surface area contributed by atoms with Crippen molar-refractivity contribution in [3.63, 3.8) is 0 Å². The summed E-state index contributed by atoms with van der Waals surface area (Å²) in [7, 11) is 1.77. The number of hydrogen-bond acceptors (Lipinski definition) is 2. The third-order valence-corrected chi connectivity index (χ3v) is 5.97. The van der Waals surface area contributed by atoms with Crippen molar-refractivity contribution in [2.24, 2.45) is 0 Å². The smallest absolute Gasteiger partial charge is 0.127 e. The molecule has 0 saturated carbocycles. The van der Waals surface area contributed by atoms with Crippen molar-refractivity contribution in [2.45, 2.75) is 25.4 Å². The molecule has 1 aromatic carbocycles. The van der Waals surface area contributed by atoms with Crippen LogP contribution in [-0.4, -0.2) is 70.7 Å². The number of nitrogens with one attached hydrogen (secondary N) is 3. The lowest BCUT2D eigenvalue weighted by Crippen LogP contribution is -3.30. The molecule has 0 unspecified atom stereocenters. The molecule has 2 saturated heterocycles. The molecular weight excluding hydrogens is 302 g/mol. The van der Waals surface area contributed by atoms with Gasteiger partial charge in [0.1, 0.15) is 45.0 Å². The number of rotatable bonds is 6. The van der Waals surface area contributed by atoms with Crippen LogP contribution in [0.5, 0.6) is 5.75 Å². The summed E-state index contributed by atoms with van der Waals surface area (Å²) < 4.78 is 5.50. The fourth-order valence-electron chi connectivity index (χ4n) is 4.47. The van der Waals surface area contributed by atoms with E-state index in [1.165, 1.54) is 57.7 Å². The predicted molar refractivity (Wildman–Crippen MR) is 93.8 cm³/mol. The van der Waals surface area contributed by atoms with E-state index < -0.39 is 0 Å². The molecule has 0 radical (unpaired) electrons. The number of hydrogen-bond donors (Lipinski definition) is 4. The molecule has 2 heterocycles. The molecule has 2 aliphatic heterocycles. The van der Waals surface area contributed by atoms with Crippen molar-refractivity contribution < 1.29 is 24.5 Å². The maximum absolute atomic E-state index is 9.08. The maximum Gasteiger partial charge on any atom is 0.127 e. The van der Waals surface area contributed by atoms with Gasteiger partial charge in [0.25, 0.3) is 0 Å². The first-order valence-corrected chi connectivity index (χ1v) is 9.54. The van der Waals surface area contributed by atoms with Crippen LogP contribution in [0.3, 0.4) is 0 Å². The normalized spacial score (nSPS) is 30.9. The molecular formula is C19H34N3O2+3. The van der Waals surface area contributed by atoms with Gasteiger partial charge in [-0.25, -0.2) is 0 Å². The van der Waals surface area contributed by atoms with Crippen molar-refractivity contribution in [1.82, 2.24) is 0 Å². The molecule has 2 fully saturated rings. The standard InChI is InChI=1S/C19H31N3O2/c1-24-19-5-3-2-4-17(19)16-21-8-6-18(7-9-21)22-12-10-20(11-13-22)14-15-23/h2-5,18,23H,6-16H2,1H3/p+3. The van der Waals surface area contributed by atoms with Crippen molar-refractivity contribution in [3.8, 4) is 5.75 Å². The van der Waals surface area contributed by atoms with E-state index in [0.717, 1.165) is 24.9 Å². The van der Waals surface area contributed by atoms with Crippen molar-refractivity contribution in [3.05, 3.63) is 29.8 Å². The van der Waals surface area contributed by atoms with E-state index in [2.05, 4.69) is 18.2 Å². The third kappa shape index (κ3) is 4.48. The van der Waals surface area contributed by atoms with Gasteiger partial charge in [-0.1, -0.05) is 12.1 Å². The minimum Gasteiger partial charge on any atom is -0.496 e. The quantitative estimate of drug-likeness (QED) is 0.448. The molecule has 0 amide bonds. The molecule has 0 spiro atoms. The molecule has 134 valence electrons. The predicted octanol–water partition coefficient (Wildman–Crippen LogP) is -2.98. The lowest BCUT2D eigenvalue weighted by molar-refractivity contribution is -1.03. The second kappa shape index (κ2) is 8.81. The maximum atomic E-state index is 9.08. The second-order valence-corrected chi connectivity index (χ2v) is 7.39. The van der Waals surface area contributed by atoms with Crippen LogP contribution in [0.1, 0.15) is 18.4 Å². The molecule has 1 aromatic rings. The topological polar surface area (TPSA) is 42.8 Å². The van der Waals surface area contributed by atoms with Crippen molar-refractivity contribution >= 4 is 0 Å². The van der Waals surface area contributed by atoms with Gasteiger partial charge in [-0.2, -0.15) is 0 Å². The average molecular weight is 337 g/mol. The highest BCUT2D eigenvalue weighted by Crippen LogP contribution is 2.16. The molecule has 4 N–H and O–H groups in total. The van der Waals surface area contributed by atoms with Crippen LogP contribution < -0.4 is 19.4 Å². The van der Waals surface area contributed by atoms with Crippen molar-refractivity contribution in [1.29, 1.82) is 0 Å². The molecule has 0 aliphatic carbocycles. The summed E-state index contributed by atoms with van der Waals surface area (Å²) in [6, 6.07) is 9.28. The molecule has 5 nitrogen and oxygen atoms in total. The Hall–Kier alpha value is -1.14. The number of aliphatic hydroxyl groups is 1. The first-order valence-electron chi connectivity index (χ1n) is 9.54. The first-order chi connectivity index (χ1) is 11.8. The number of methoxy groups -OCH3 is 1. The third-order valence-electron chi connectivity index (χ3n) is 5.97. The van der Waals surface area contributed by atoms with E-state index in [1.807, 2.05) is 11.0 Å². The fourth-order valence-corrected chi connectivity index (χ4v) is 4.47. The van der Waals surface area contributed by atoms with E-state index in [1.54, 1.807) is 16.9 Å². The highest BCUT2D eigenvalue weighted by Gasteiger charge is 2.33. The first kappa shape index (κ1) is 17.7. The van der Waals surface area contributed by atoms with E-state index >= 15 is 0 Å². The minimum atomic E-state index is 0.329. The molecule has 2 aliphatic rings. The van der Waals surface area contributed by atoms with Gasteiger partial charge in [-0.3, -0.25) is 0 Å². The number of aliphatic hydroxyl groups excluding tert-OH is 1. The zero-order valence-corrected chi connectivity index (χ0v) is 15.0. The van der Waals surface area contributed by atoms with Gasteiger partial charge in [-0.05, 0) is 12.1 Å². The second-order valence-electron chi connectivity index (χ2n) is 7.39. The zero-order valence-electron chi connectivity index (χ0n) is 15.0. The minimum absolute atomic E-state index is 0.329. The van der Waals surface area contributed by atoms with Crippen LogP contribution in [0.2, 0.25) is 0 Å². The Morgan fingerprint density at radius 2 is 1.71 bits per heavy atom. The molecule has 0 atom stereocenters. The number of piperidine rings is 1. The van der Waals surface area contributed by atoms with Gasteiger partial charge in [0.15, 0.2) is 0 Å². The summed E-state index contributed by atoms with van der Waals surface area (Å²) in [5.74, 6) is 1.03. The summed E-state index contributed by atoms with van der Waals surface area (Å²) in [6.45, 7) is 9.90. The average Bonchev–Trinajstić information content (AvgIpc) is 2.64. The Labute approximate surface area is 145 Å². The lowest BCUT2D eigenvalue weighted by atomic mass is 10.0. The Balaban J connectivity index is 1.44. The van der Waals surface area contributed by atoms with E-state index in [0.29, 0.717) is 6.61 Å². The number of quaternary nitrogens is 3. The molecule has 0 aromatic heterocycles. The van der Waals surface area contributed by atoms with Gasteiger partial charge in [0, 0.05) is 18.4 Å². The Kier molecular flexibility index (Phi) is 6.49. The molecule has 5 heteroatoms. The van der Waals surface area contributed by atoms with Crippen molar-refractivity contribution in [2.75, 3.05) is 59.5 Å². The lowest BCUT2D eigenvalue weighted by Gasteiger charge is -2.37. The molecule has 24 heavy (non-hydrogen) atoms. The van der Waals surface area contributed by atoms with Crippen LogP contribution in [0.15, 0.2) is 24.3 Å². The Bertz CT molecular complexity index is 495. The monoisotopic (exact) mass is 336 g/mol. The zero-order chi connectivity index (χ0) is 16.8. The van der Waals surface area contributed by atoms with Gasteiger partial charge in [0.05, 0.1) is 32.8 Å². The van der Waals surface area contributed by atoms with Gasteiger partial charge in [-0.15, -0.1) is 0 Å². The number of piperazine rings is 1. The Morgan fingerprint density at radius 3 is 2.38 bits per heavy atom. The fraction of sp³-hybridized carbons (Fsp3) is 0.684. The summed E-state index contributed by atoms with van der Waals surface area (Å²) in [5.41, 5.74) is 1.34. The van der Waals surface area contributed by atoms with E-state index in [4.69, 9.17) is 9.84 Å². The van der Waals surface area contributed by atoms with Gasteiger partial charge < -0.3 is 24.5 Å². The summed E-state index contributed by atoms with van der Waals surface area (Å²) >= 11 is 0. The Morgan fingerprint density at radius 1 is 1.00 bits per heavy atom. The van der Waals surface area contributed by atoms with Gasteiger partial charge in [0.2, 0.25) is 0 Å². The van der Waals surface area contributed by atoms with Crippen LogP contribution in [0.4, 0.5) is 0 Å². The summed E-state index contributed by atoms with van der Waals surface area (Å²) in [6.07, 6.45) is 2.68. The van der Waals surface area contributed by atoms with Crippen LogP contribution >= 0.6 is 0 Å². The van der Waals surface area contributed by atoms with Crippen LogP contribution in [0, 0.1) is 0 Å². The molecule has 0 bridgehead atoms. The largest absolute Gasteiger partial charge is 0.496 e. The number of ether oxygens (including phenoxy) is 1. The summed E-state index contributed by atoms with van der Waals surface area (Å²) in [5, 5.41) is 9.08. The van der Waals surface area contributed by atoms with E-state index in [-0.39, 0.29) is 0 Å². The number of likely N-dealkylation sites (tertiary alicyclic amines) is 1.